The third-order valence-corrected chi connectivity index (χ3v) is 4.42. The third kappa shape index (κ3) is 4.27. The maximum absolute atomic E-state index is 11.1. The van der Waals surface area contributed by atoms with Gasteiger partial charge in [-0.25, -0.2) is 0 Å². The summed E-state index contributed by atoms with van der Waals surface area (Å²) < 4.78 is -0.331. The van der Waals surface area contributed by atoms with Gasteiger partial charge in [0.15, 0.2) is 0 Å². The Kier molecular flexibility index (Phi) is 5.48. The Morgan fingerprint density at radius 2 is 1.45 bits per heavy atom. The number of hydrogen-bond donors (Lipinski definition) is 1. The van der Waals surface area contributed by atoms with Crippen molar-refractivity contribution in [1.82, 2.24) is 0 Å². The number of carbonyl (C=O) groups excluding carboxylic acids is 1. The highest BCUT2D eigenvalue weighted by molar-refractivity contribution is 14.1. The van der Waals surface area contributed by atoms with Gasteiger partial charge in [0.25, 0.3) is 0 Å². The lowest BCUT2D eigenvalue weighted by molar-refractivity contribution is -0.117. The van der Waals surface area contributed by atoms with Crippen LogP contribution in [0.2, 0.25) is 0 Å². The zero-order valence-electron chi connectivity index (χ0n) is 12.4. The fraction of sp³-hybridized carbons (Fsp3) is 0.188. The second-order valence-electron chi connectivity index (χ2n) is 4.97. The monoisotopic (exact) mass is 408 g/mol. The number of azo groups is 1. The molecule has 0 aromatic heterocycles. The standard InChI is InChI=1S/C16H17IN4O/c1-21(2)14-9-7-13(8-10-14)20-19-12-5-3-11(4-6-12)15(17)16(18)22/h3-10,15H,1-2H3,(H2,18,22). The molecule has 0 aliphatic heterocycles. The van der Waals surface area contributed by atoms with Crippen LogP contribution in [0.4, 0.5) is 17.1 Å². The Morgan fingerprint density at radius 1 is 1.00 bits per heavy atom. The minimum atomic E-state index is -0.351. The van der Waals surface area contributed by atoms with Crippen LogP contribution >= 0.6 is 22.6 Å². The molecule has 2 aromatic rings. The van der Waals surface area contributed by atoms with E-state index in [1.165, 1.54) is 0 Å². The molecule has 0 saturated carbocycles. The minimum absolute atomic E-state index is 0.331. The van der Waals surface area contributed by atoms with Gasteiger partial charge in [0.1, 0.15) is 3.92 Å². The highest BCUT2D eigenvalue weighted by Gasteiger charge is 2.12. The fourth-order valence-electron chi connectivity index (χ4n) is 1.81. The fourth-order valence-corrected chi connectivity index (χ4v) is 2.22. The van der Waals surface area contributed by atoms with Gasteiger partial charge in [-0.05, 0) is 42.0 Å². The van der Waals surface area contributed by atoms with Crippen LogP contribution in [0.5, 0.6) is 0 Å². The van der Waals surface area contributed by atoms with E-state index in [9.17, 15) is 4.79 Å². The number of carbonyl (C=O) groups is 1. The number of hydrogen-bond acceptors (Lipinski definition) is 4. The van der Waals surface area contributed by atoms with E-state index in [2.05, 4.69) is 10.2 Å². The molecule has 0 spiro atoms. The number of alkyl halides is 1. The molecule has 0 fully saturated rings. The molecule has 1 atom stereocenters. The van der Waals surface area contributed by atoms with E-state index in [1.807, 2.05) is 90.1 Å². The Hall–Kier alpha value is -1.96. The number of primary amides is 1. The first kappa shape index (κ1) is 16.4. The average Bonchev–Trinajstić information content (AvgIpc) is 2.53. The first-order valence-corrected chi connectivity index (χ1v) is 7.94. The molecule has 0 heterocycles. The van der Waals surface area contributed by atoms with Gasteiger partial charge in [0.05, 0.1) is 11.4 Å². The smallest absolute Gasteiger partial charge is 0.234 e. The molecule has 0 saturated heterocycles. The van der Waals surface area contributed by atoms with Crippen LogP contribution in [-0.4, -0.2) is 20.0 Å². The second-order valence-corrected chi connectivity index (χ2v) is 6.21. The SMILES string of the molecule is CN(C)c1ccc(N=Nc2ccc(C(I)C(N)=O)cc2)cc1. The van der Waals surface area contributed by atoms with E-state index in [-0.39, 0.29) is 9.83 Å². The number of nitrogens with two attached hydrogens (primary N) is 1. The van der Waals surface area contributed by atoms with E-state index < -0.39 is 0 Å². The Balaban J connectivity index is 2.08. The lowest BCUT2D eigenvalue weighted by atomic mass is 10.1. The molecular formula is C16H17IN4O. The lowest BCUT2D eigenvalue weighted by Crippen LogP contribution is -2.16. The van der Waals surface area contributed by atoms with Crippen LogP contribution in [0, 0.1) is 0 Å². The Morgan fingerprint density at radius 3 is 1.86 bits per heavy atom. The van der Waals surface area contributed by atoms with Crippen molar-refractivity contribution in [3.05, 3.63) is 54.1 Å². The molecule has 0 aliphatic carbocycles. The highest BCUT2D eigenvalue weighted by atomic mass is 127. The summed E-state index contributed by atoms with van der Waals surface area (Å²) >= 11 is 2.02. The maximum atomic E-state index is 11.1. The summed E-state index contributed by atoms with van der Waals surface area (Å²) in [7, 11) is 3.98. The summed E-state index contributed by atoms with van der Waals surface area (Å²) in [6.45, 7) is 0. The zero-order chi connectivity index (χ0) is 16.1. The predicted octanol–water partition coefficient (Wildman–Crippen LogP) is 4.13. The molecule has 1 unspecified atom stereocenters. The molecule has 5 nitrogen and oxygen atoms in total. The topological polar surface area (TPSA) is 71.1 Å². The molecule has 114 valence electrons. The van der Waals surface area contributed by atoms with Crippen molar-refractivity contribution in [2.75, 3.05) is 19.0 Å². The molecule has 0 bridgehead atoms. The van der Waals surface area contributed by atoms with E-state index in [0.717, 1.165) is 22.6 Å². The number of halogens is 1. The van der Waals surface area contributed by atoms with Crippen molar-refractivity contribution in [1.29, 1.82) is 0 Å². The van der Waals surface area contributed by atoms with Gasteiger partial charge in [0.2, 0.25) is 5.91 Å². The normalized spacial score (nSPS) is 12.3. The quantitative estimate of drug-likeness (QED) is 0.459. The summed E-state index contributed by atoms with van der Waals surface area (Å²) in [6.07, 6.45) is 0. The Bertz CT molecular complexity index is 666. The molecule has 0 radical (unpaired) electrons. The van der Waals surface area contributed by atoms with E-state index in [1.54, 1.807) is 0 Å². The molecule has 0 aliphatic rings. The van der Waals surface area contributed by atoms with Crippen molar-refractivity contribution in [3.8, 4) is 0 Å². The Labute approximate surface area is 143 Å². The van der Waals surface area contributed by atoms with Gasteiger partial charge in [-0.3, -0.25) is 4.79 Å². The van der Waals surface area contributed by atoms with Crippen LogP contribution in [0.3, 0.4) is 0 Å². The maximum Gasteiger partial charge on any atom is 0.234 e. The van der Waals surface area contributed by atoms with Crippen LogP contribution in [0.25, 0.3) is 0 Å². The second kappa shape index (κ2) is 7.35. The minimum Gasteiger partial charge on any atom is -0.378 e. The summed E-state index contributed by atoms with van der Waals surface area (Å²) in [5.41, 5.74) is 8.78. The van der Waals surface area contributed by atoms with Crippen molar-refractivity contribution in [3.63, 3.8) is 0 Å². The van der Waals surface area contributed by atoms with Crippen LogP contribution in [0.15, 0.2) is 58.8 Å². The molecule has 22 heavy (non-hydrogen) atoms. The van der Waals surface area contributed by atoms with E-state index in [4.69, 9.17) is 5.73 Å². The highest BCUT2D eigenvalue weighted by Crippen LogP contribution is 2.26. The molecule has 6 heteroatoms. The number of amides is 1. The van der Waals surface area contributed by atoms with Crippen molar-refractivity contribution in [2.24, 2.45) is 16.0 Å². The average molecular weight is 408 g/mol. The van der Waals surface area contributed by atoms with Gasteiger partial charge < -0.3 is 10.6 Å². The van der Waals surface area contributed by atoms with E-state index in [0.29, 0.717) is 0 Å². The van der Waals surface area contributed by atoms with Gasteiger partial charge in [-0.15, -0.1) is 0 Å². The van der Waals surface area contributed by atoms with Crippen molar-refractivity contribution >= 4 is 45.6 Å². The largest absolute Gasteiger partial charge is 0.378 e. The van der Waals surface area contributed by atoms with E-state index >= 15 is 0 Å². The van der Waals surface area contributed by atoms with Gasteiger partial charge >= 0.3 is 0 Å². The summed E-state index contributed by atoms with van der Waals surface area (Å²) in [5, 5.41) is 8.39. The first-order chi connectivity index (χ1) is 10.5. The summed E-state index contributed by atoms with van der Waals surface area (Å²) in [5.74, 6) is -0.351. The number of nitrogens with zero attached hydrogens (tertiary/aromatic N) is 3. The van der Waals surface area contributed by atoms with Gasteiger partial charge in [0, 0.05) is 19.8 Å². The van der Waals surface area contributed by atoms with Gasteiger partial charge in [-0.2, -0.15) is 10.2 Å². The predicted molar refractivity (Wildman–Crippen MR) is 97.3 cm³/mol. The van der Waals surface area contributed by atoms with Crippen molar-refractivity contribution < 1.29 is 4.79 Å². The van der Waals surface area contributed by atoms with Gasteiger partial charge in [-0.1, -0.05) is 34.7 Å². The lowest BCUT2D eigenvalue weighted by Gasteiger charge is -2.11. The summed E-state index contributed by atoms with van der Waals surface area (Å²) in [4.78, 5) is 13.2. The molecule has 2 N–H and O–H groups in total. The molecule has 2 aromatic carbocycles. The summed E-state index contributed by atoms with van der Waals surface area (Å²) in [6, 6.07) is 15.1. The van der Waals surface area contributed by atoms with Crippen LogP contribution < -0.4 is 10.6 Å². The zero-order valence-corrected chi connectivity index (χ0v) is 14.6. The first-order valence-electron chi connectivity index (χ1n) is 6.70. The molecule has 1 amide bonds. The number of rotatable bonds is 5. The number of anilines is 1. The van der Waals surface area contributed by atoms with Crippen LogP contribution in [0.1, 0.15) is 9.49 Å². The van der Waals surface area contributed by atoms with Crippen LogP contribution in [-0.2, 0) is 4.79 Å². The van der Waals surface area contributed by atoms with Crippen molar-refractivity contribution in [2.45, 2.75) is 3.92 Å². The third-order valence-electron chi connectivity index (χ3n) is 3.08. The molecule has 2 rings (SSSR count). The number of benzene rings is 2. The molecular weight excluding hydrogens is 391 g/mol.